The molecule has 0 aromatic heterocycles. The molecular weight excluding hydrogens is 442 g/mol. The van der Waals surface area contributed by atoms with Crippen molar-refractivity contribution < 1.29 is 35.7 Å². The molecule has 1 aliphatic carbocycles. The fourth-order valence-electron chi connectivity index (χ4n) is 5.07. The number of fused-ring (bicyclic) bond motifs is 2. The lowest BCUT2D eigenvalue weighted by molar-refractivity contribution is -0.173. The summed E-state index contributed by atoms with van der Waals surface area (Å²) in [4.78, 5) is 12.5. The number of rotatable bonds is 5. The van der Waals surface area contributed by atoms with E-state index in [9.17, 15) is 13.2 Å². The maximum absolute atomic E-state index is 12.7. The van der Waals surface area contributed by atoms with Crippen LogP contribution in [0.25, 0.3) is 0 Å². The summed E-state index contributed by atoms with van der Waals surface area (Å²) in [5.74, 6) is -1.42. The van der Waals surface area contributed by atoms with Crippen molar-refractivity contribution in [1.29, 1.82) is 0 Å². The smallest absolute Gasteiger partial charge is 0.349 e. The molecule has 0 aromatic carbocycles. The van der Waals surface area contributed by atoms with E-state index in [1.54, 1.807) is 6.92 Å². The van der Waals surface area contributed by atoms with Crippen molar-refractivity contribution in [3.8, 4) is 0 Å². The number of carbonyl (C=O) groups excluding carboxylic acids is 1. The molecule has 3 rings (SSSR count). The van der Waals surface area contributed by atoms with Gasteiger partial charge in [0.15, 0.2) is 0 Å². The van der Waals surface area contributed by atoms with Crippen LogP contribution in [-0.4, -0.2) is 79.0 Å². The number of nitrogens with zero attached hydrogens (tertiary/aromatic N) is 1. The van der Waals surface area contributed by atoms with Gasteiger partial charge in [-0.05, 0) is 6.92 Å². The SMILES string of the molecule is CCOC(=O)C1C2O[C@@H]3CO[Si](C(C)(C)C)(C(C)(C)C)O[C@H]3[C@H](OS(=O)(=O)N(C)C)[C@H]21. The first-order valence-electron chi connectivity index (χ1n) is 10.8. The van der Waals surface area contributed by atoms with Gasteiger partial charge in [0.25, 0.3) is 0 Å². The van der Waals surface area contributed by atoms with E-state index in [0.29, 0.717) is 0 Å². The fourth-order valence-corrected chi connectivity index (χ4v) is 10.7. The van der Waals surface area contributed by atoms with Gasteiger partial charge in [-0.15, -0.1) is 0 Å². The Hall–Kier alpha value is -0.563. The van der Waals surface area contributed by atoms with E-state index in [2.05, 4.69) is 41.5 Å². The van der Waals surface area contributed by atoms with Crippen molar-refractivity contribution in [3.63, 3.8) is 0 Å². The van der Waals surface area contributed by atoms with Gasteiger partial charge in [-0.2, -0.15) is 12.7 Å². The Kier molecular flexibility index (Phi) is 6.50. The average molecular weight is 480 g/mol. The molecule has 3 aliphatic rings. The molecule has 1 saturated carbocycles. The van der Waals surface area contributed by atoms with Gasteiger partial charge in [-0.1, -0.05) is 41.5 Å². The zero-order valence-electron chi connectivity index (χ0n) is 20.0. The van der Waals surface area contributed by atoms with Crippen molar-refractivity contribution in [1.82, 2.24) is 4.31 Å². The molecule has 0 spiro atoms. The average Bonchev–Trinajstić information content (AvgIpc) is 3.33. The number of esters is 1. The second-order valence-electron chi connectivity index (χ2n) is 10.8. The Bertz CT molecular complexity index is 789. The Morgan fingerprint density at radius 1 is 1.10 bits per heavy atom. The minimum atomic E-state index is -4.00. The Morgan fingerprint density at radius 2 is 1.68 bits per heavy atom. The van der Waals surface area contributed by atoms with Crippen LogP contribution in [0.4, 0.5) is 0 Å². The van der Waals surface area contributed by atoms with Gasteiger partial charge in [-0.25, -0.2) is 0 Å². The van der Waals surface area contributed by atoms with Crippen molar-refractivity contribution in [2.24, 2.45) is 11.8 Å². The van der Waals surface area contributed by atoms with Crippen LogP contribution in [0.3, 0.4) is 0 Å². The van der Waals surface area contributed by atoms with Crippen molar-refractivity contribution >= 4 is 24.8 Å². The normalized spacial score (nSPS) is 35.3. The molecule has 3 fully saturated rings. The molecule has 0 amide bonds. The van der Waals surface area contributed by atoms with Crippen LogP contribution >= 0.6 is 0 Å². The maximum Gasteiger partial charge on any atom is 0.349 e. The molecular formula is C20H37NO8SSi. The molecule has 2 heterocycles. The van der Waals surface area contributed by atoms with E-state index < -0.39 is 61.1 Å². The Labute approximate surface area is 187 Å². The number of hydrogen-bond acceptors (Lipinski definition) is 8. The van der Waals surface area contributed by atoms with Gasteiger partial charge in [0.05, 0.1) is 25.2 Å². The standard InChI is InChI=1S/C20H37NO8SSi/c1-10-25-18(22)14-13-16(14)27-12-11-26-31(19(2,3)4,20(5,6)7)29-15(12)17(13)28-30(23,24)21(8)9/h12-17H,10-11H2,1-9H3/t12-,13+,14?,15-,16?,17-/m1/s1. The lowest BCUT2D eigenvalue weighted by atomic mass is 10.0. The first-order chi connectivity index (χ1) is 14.1. The van der Waals surface area contributed by atoms with Crippen molar-refractivity contribution in [2.45, 2.75) is 83.0 Å². The minimum absolute atomic E-state index is 0.243. The predicted octanol–water partition coefficient (Wildman–Crippen LogP) is 2.21. The van der Waals surface area contributed by atoms with E-state index in [-0.39, 0.29) is 23.3 Å². The van der Waals surface area contributed by atoms with Crippen molar-refractivity contribution in [2.75, 3.05) is 27.3 Å². The summed E-state index contributed by atoms with van der Waals surface area (Å²) in [7, 11) is -4.08. The number of hydrogen-bond donors (Lipinski definition) is 0. The van der Waals surface area contributed by atoms with Crippen LogP contribution in [0.1, 0.15) is 48.5 Å². The zero-order chi connectivity index (χ0) is 23.6. The number of carbonyl (C=O) groups is 1. The largest absolute Gasteiger partial charge is 0.466 e. The molecule has 0 radical (unpaired) electrons. The first kappa shape index (κ1) is 25.1. The lowest BCUT2D eigenvalue weighted by Crippen LogP contribution is -2.68. The molecule has 31 heavy (non-hydrogen) atoms. The van der Waals surface area contributed by atoms with Crippen molar-refractivity contribution in [3.05, 3.63) is 0 Å². The Balaban J connectivity index is 1.99. The van der Waals surface area contributed by atoms with Crippen LogP contribution in [-0.2, 0) is 37.6 Å². The second kappa shape index (κ2) is 8.03. The zero-order valence-corrected chi connectivity index (χ0v) is 21.8. The summed E-state index contributed by atoms with van der Waals surface area (Å²) in [6.45, 7) is 14.8. The third-order valence-corrected chi connectivity index (χ3v) is 12.9. The van der Waals surface area contributed by atoms with E-state index >= 15 is 0 Å². The molecule has 2 unspecified atom stereocenters. The van der Waals surface area contributed by atoms with Gasteiger partial charge >= 0.3 is 24.8 Å². The maximum atomic E-state index is 12.7. The lowest BCUT2D eigenvalue weighted by Gasteiger charge is -2.56. The van der Waals surface area contributed by atoms with Crippen LogP contribution in [0.5, 0.6) is 0 Å². The molecule has 0 N–H and O–H groups in total. The minimum Gasteiger partial charge on any atom is -0.466 e. The highest BCUT2D eigenvalue weighted by atomic mass is 32.2. The third kappa shape index (κ3) is 4.22. The molecule has 0 bridgehead atoms. The summed E-state index contributed by atoms with van der Waals surface area (Å²) in [6, 6.07) is 0. The molecule has 2 saturated heterocycles. The van der Waals surface area contributed by atoms with E-state index in [1.807, 2.05) is 0 Å². The second-order valence-corrected chi connectivity index (χ2v) is 17.3. The molecule has 11 heteroatoms. The van der Waals surface area contributed by atoms with Gasteiger partial charge in [0.1, 0.15) is 18.3 Å². The topological polar surface area (TPSA) is 101 Å². The summed E-state index contributed by atoms with van der Waals surface area (Å²) in [6.07, 6.45) is -2.50. The van der Waals surface area contributed by atoms with Crippen LogP contribution in [0.15, 0.2) is 0 Å². The van der Waals surface area contributed by atoms with Gasteiger partial charge in [0.2, 0.25) is 0 Å². The molecule has 2 aliphatic heterocycles. The van der Waals surface area contributed by atoms with E-state index in [0.717, 1.165) is 4.31 Å². The van der Waals surface area contributed by atoms with E-state index in [1.165, 1.54) is 14.1 Å². The van der Waals surface area contributed by atoms with E-state index in [4.69, 9.17) is 22.5 Å². The fraction of sp³-hybridized carbons (Fsp3) is 0.950. The molecule has 180 valence electrons. The van der Waals surface area contributed by atoms with Gasteiger partial charge in [-0.3, -0.25) is 8.98 Å². The van der Waals surface area contributed by atoms with Crippen LogP contribution < -0.4 is 0 Å². The third-order valence-electron chi connectivity index (χ3n) is 6.37. The van der Waals surface area contributed by atoms with Gasteiger partial charge < -0.3 is 18.3 Å². The molecule has 0 aromatic rings. The monoisotopic (exact) mass is 479 g/mol. The number of ether oxygens (including phenoxy) is 2. The summed E-state index contributed by atoms with van der Waals surface area (Å²) >= 11 is 0. The molecule has 9 nitrogen and oxygen atoms in total. The summed E-state index contributed by atoms with van der Waals surface area (Å²) in [5.41, 5.74) is 0. The van der Waals surface area contributed by atoms with Crippen LogP contribution in [0, 0.1) is 11.8 Å². The predicted molar refractivity (Wildman–Crippen MR) is 116 cm³/mol. The summed E-state index contributed by atoms with van der Waals surface area (Å²) < 4.78 is 56.6. The quantitative estimate of drug-likeness (QED) is 0.437. The van der Waals surface area contributed by atoms with Gasteiger partial charge in [0, 0.05) is 30.1 Å². The highest BCUT2D eigenvalue weighted by Gasteiger charge is 2.72. The molecule has 6 atom stereocenters. The highest BCUT2D eigenvalue weighted by molar-refractivity contribution is 7.84. The van der Waals surface area contributed by atoms with Crippen LogP contribution in [0.2, 0.25) is 10.1 Å². The highest BCUT2D eigenvalue weighted by Crippen LogP contribution is 2.59. The first-order valence-corrected chi connectivity index (χ1v) is 14.0. The Morgan fingerprint density at radius 3 is 2.16 bits per heavy atom. The summed E-state index contributed by atoms with van der Waals surface area (Å²) in [5, 5.41) is -0.579.